The number of unbranched alkanes of at least 4 members (excludes halogenated alkanes) is 1. The topological polar surface area (TPSA) is 82.8 Å². The third kappa shape index (κ3) is 9.96. The van der Waals surface area contributed by atoms with Crippen LogP contribution >= 0.6 is 24.0 Å². The molecule has 0 aromatic heterocycles. The normalized spacial score (nSPS) is 21.7. The second-order valence-corrected chi connectivity index (χ2v) is 7.97. The minimum atomic E-state index is -0.148. The molecule has 6 nitrogen and oxygen atoms in total. The zero-order valence-corrected chi connectivity index (χ0v) is 19.4. The van der Waals surface area contributed by atoms with E-state index in [2.05, 4.69) is 20.5 Å². The lowest BCUT2D eigenvalue weighted by molar-refractivity contribution is -0.123. The predicted octanol–water partition coefficient (Wildman–Crippen LogP) is 2.72. The molecule has 7 heteroatoms. The SMILES string of the molecule is CN=C(NCCCCC1CCCC1)NCCCN1CCCC(C(N)=O)C1.I. The molecule has 27 heavy (non-hydrogen) atoms. The number of aliphatic imine (C=N–C) groups is 1. The van der Waals surface area contributed by atoms with Gasteiger partial charge < -0.3 is 21.3 Å². The molecule has 1 aliphatic carbocycles. The molecular formula is C20H40IN5O. The molecule has 158 valence electrons. The minimum Gasteiger partial charge on any atom is -0.369 e. The molecule has 2 aliphatic rings. The summed E-state index contributed by atoms with van der Waals surface area (Å²) in [7, 11) is 1.83. The fraction of sp³-hybridized carbons (Fsp3) is 0.900. The molecular weight excluding hydrogens is 453 g/mol. The summed E-state index contributed by atoms with van der Waals surface area (Å²) in [6.45, 7) is 4.81. The molecule has 1 aliphatic heterocycles. The fourth-order valence-electron chi connectivity index (χ4n) is 4.28. The Labute approximate surface area is 182 Å². The van der Waals surface area contributed by atoms with Gasteiger partial charge in [-0.25, -0.2) is 0 Å². The van der Waals surface area contributed by atoms with Crippen LogP contribution in [0.4, 0.5) is 0 Å². The van der Waals surface area contributed by atoms with Gasteiger partial charge in [-0.1, -0.05) is 38.5 Å². The Morgan fingerprint density at radius 3 is 2.44 bits per heavy atom. The summed E-state index contributed by atoms with van der Waals surface area (Å²) in [4.78, 5) is 18.0. The highest BCUT2D eigenvalue weighted by Crippen LogP contribution is 2.28. The van der Waals surface area contributed by atoms with Crippen LogP contribution in [0.2, 0.25) is 0 Å². The van der Waals surface area contributed by atoms with Gasteiger partial charge in [-0.05, 0) is 44.7 Å². The third-order valence-corrected chi connectivity index (χ3v) is 5.88. The van der Waals surface area contributed by atoms with E-state index in [0.29, 0.717) is 0 Å². The number of piperidine rings is 1. The van der Waals surface area contributed by atoms with Gasteiger partial charge in [0.25, 0.3) is 0 Å². The first kappa shape index (κ1) is 24.5. The van der Waals surface area contributed by atoms with Gasteiger partial charge in [0.2, 0.25) is 5.91 Å². The zero-order valence-electron chi connectivity index (χ0n) is 17.0. The number of halogens is 1. The van der Waals surface area contributed by atoms with Crippen LogP contribution in [0.15, 0.2) is 4.99 Å². The number of primary amides is 1. The molecule has 2 fully saturated rings. The summed E-state index contributed by atoms with van der Waals surface area (Å²) in [5.41, 5.74) is 5.44. The van der Waals surface area contributed by atoms with E-state index in [1.165, 1.54) is 44.9 Å². The van der Waals surface area contributed by atoms with Gasteiger partial charge in [-0.2, -0.15) is 0 Å². The van der Waals surface area contributed by atoms with Crippen molar-refractivity contribution in [2.24, 2.45) is 22.6 Å². The van der Waals surface area contributed by atoms with E-state index in [-0.39, 0.29) is 35.8 Å². The van der Waals surface area contributed by atoms with E-state index in [0.717, 1.165) is 63.9 Å². The van der Waals surface area contributed by atoms with Gasteiger partial charge in [0.05, 0.1) is 5.92 Å². The number of likely N-dealkylation sites (tertiary alicyclic amines) is 1. The first-order chi connectivity index (χ1) is 12.7. The van der Waals surface area contributed by atoms with Crippen molar-refractivity contribution in [2.45, 2.75) is 64.2 Å². The van der Waals surface area contributed by atoms with Crippen LogP contribution in [0.5, 0.6) is 0 Å². The number of nitrogens with two attached hydrogens (primary N) is 1. The second-order valence-electron chi connectivity index (χ2n) is 7.97. The quantitative estimate of drug-likeness (QED) is 0.189. The minimum absolute atomic E-state index is 0. The molecule has 0 radical (unpaired) electrons. The number of carbonyl (C=O) groups excluding carboxylic acids is 1. The summed E-state index contributed by atoms with van der Waals surface area (Å²) < 4.78 is 0. The van der Waals surface area contributed by atoms with E-state index in [1.54, 1.807) is 0 Å². The number of guanidine groups is 1. The Morgan fingerprint density at radius 2 is 1.78 bits per heavy atom. The molecule has 1 saturated carbocycles. The lowest BCUT2D eigenvalue weighted by Crippen LogP contribution is -2.43. The Balaban J connectivity index is 0.00000364. The lowest BCUT2D eigenvalue weighted by atomic mass is 9.97. The molecule has 1 heterocycles. The maximum atomic E-state index is 11.3. The van der Waals surface area contributed by atoms with Crippen LogP contribution in [-0.4, -0.2) is 56.5 Å². The first-order valence-corrected chi connectivity index (χ1v) is 10.6. The molecule has 1 saturated heterocycles. The van der Waals surface area contributed by atoms with Gasteiger partial charge in [-0.3, -0.25) is 9.79 Å². The molecule has 2 rings (SSSR count). The summed E-state index contributed by atoms with van der Waals surface area (Å²) >= 11 is 0. The highest BCUT2D eigenvalue weighted by Gasteiger charge is 2.23. The molecule has 0 aromatic carbocycles. The van der Waals surface area contributed by atoms with E-state index < -0.39 is 0 Å². The highest BCUT2D eigenvalue weighted by molar-refractivity contribution is 14.0. The van der Waals surface area contributed by atoms with Crippen LogP contribution in [0, 0.1) is 11.8 Å². The predicted molar refractivity (Wildman–Crippen MR) is 124 cm³/mol. The maximum Gasteiger partial charge on any atom is 0.221 e. The van der Waals surface area contributed by atoms with Crippen molar-refractivity contribution in [2.75, 3.05) is 39.8 Å². The van der Waals surface area contributed by atoms with Crippen LogP contribution < -0.4 is 16.4 Å². The number of hydrogen-bond donors (Lipinski definition) is 3. The first-order valence-electron chi connectivity index (χ1n) is 10.6. The monoisotopic (exact) mass is 493 g/mol. The Kier molecular flexibility index (Phi) is 13.1. The number of rotatable bonds is 10. The highest BCUT2D eigenvalue weighted by atomic mass is 127. The van der Waals surface area contributed by atoms with Gasteiger partial charge >= 0.3 is 0 Å². The van der Waals surface area contributed by atoms with E-state index in [9.17, 15) is 4.79 Å². The summed E-state index contributed by atoms with van der Waals surface area (Å²) in [6.07, 6.45) is 12.8. The van der Waals surface area contributed by atoms with Gasteiger partial charge in [0.1, 0.15) is 0 Å². The second kappa shape index (κ2) is 14.4. The molecule has 0 aromatic rings. The summed E-state index contributed by atoms with van der Waals surface area (Å²) in [5.74, 6) is 1.79. The van der Waals surface area contributed by atoms with Crippen LogP contribution in [0.3, 0.4) is 0 Å². The fourth-order valence-corrected chi connectivity index (χ4v) is 4.28. The summed E-state index contributed by atoms with van der Waals surface area (Å²) in [6, 6.07) is 0. The standard InChI is InChI=1S/C20H39N5O.HI/c1-22-20(23-12-5-4-10-17-8-2-3-9-17)24-13-7-15-25-14-6-11-18(16-25)19(21)26;/h17-18H,2-16H2,1H3,(H2,21,26)(H2,22,23,24);1H. The van der Waals surface area contributed by atoms with Crippen LogP contribution in [-0.2, 0) is 4.79 Å². The lowest BCUT2D eigenvalue weighted by Gasteiger charge is -2.31. The van der Waals surface area contributed by atoms with Crippen molar-refractivity contribution in [1.29, 1.82) is 0 Å². The van der Waals surface area contributed by atoms with Gasteiger partial charge in [0, 0.05) is 26.7 Å². The van der Waals surface area contributed by atoms with Gasteiger partial charge in [-0.15, -0.1) is 24.0 Å². The maximum absolute atomic E-state index is 11.3. The molecule has 1 amide bonds. The molecule has 0 spiro atoms. The molecule has 1 unspecified atom stereocenters. The smallest absolute Gasteiger partial charge is 0.221 e. The number of nitrogens with one attached hydrogen (secondary N) is 2. The molecule has 4 N–H and O–H groups in total. The third-order valence-electron chi connectivity index (χ3n) is 5.88. The van der Waals surface area contributed by atoms with Crippen molar-refractivity contribution in [3.05, 3.63) is 0 Å². The van der Waals surface area contributed by atoms with Crippen LogP contribution in [0.1, 0.15) is 64.2 Å². The van der Waals surface area contributed by atoms with Crippen molar-refractivity contribution >= 4 is 35.8 Å². The van der Waals surface area contributed by atoms with E-state index in [1.807, 2.05) is 7.05 Å². The zero-order chi connectivity index (χ0) is 18.6. The number of carbonyl (C=O) groups is 1. The Bertz CT molecular complexity index is 440. The number of hydrogen-bond acceptors (Lipinski definition) is 3. The Hall–Kier alpha value is -0.570. The van der Waals surface area contributed by atoms with Crippen LogP contribution in [0.25, 0.3) is 0 Å². The number of nitrogens with zero attached hydrogens (tertiary/aromatic N) is 2. The molecule has 0 bridgehead atoms. The van der Waals surface area contributed by atoms with Crippen molar-refractivity contribution in [3.63, 3.8) is 0 Å². The average Bonchev–Trinajstić information content (AvgIpc) is 3.17. The molecule has 1 atom stereocenters. The largest absolute Gasteiger partial charge is 0.369 e. The van der Waals surface area contributed by atoms with E-state index >= 15 is 0 Å². The number of amides is 1. The van der Waals surface area contributed by atoms with Crippen molar-refractivity contribution in [3.8, 4) is 0 Å². The van der Waals surface area contributed by atoms with Crippen molar-refractivity contribution < 1.29 is 4.79 Å². The Morgan fingerprint density at radius 1 is 1.07 bits per heavy atom. The summed E-state index contributed by atoms with van der Waals surface area (Å²) in [5, 5.41) is 6.81. The van der Waals surface area contributed by atoms with Crippen molar-refractivity contribution in [1.82, 2.24) is 15.5 Å². The average molecular weight is 493 g/mol. The van der Waals surface area contributed by atoms with E-state index in [4.69, 9.17) is 5.73 Å². The van der Waals surface area contributed by atoms with Gasteiger partial charge in [0.15, 0.2) is 5.96 Å².